The molecule has 0 spiro atoms. The van der Waals surface area contributed by atoms with Gasteiger partial charge in [-0.2, -0.15) is 0 Å². The molecule has 7 heteroatoms. The van der Waals surface area contributed by atoms with Crippen LogP contribution >= 0.6 is 34.8 Å². The highest BCUT2D eigenvalue weighted by atomic mass is 35.5. The molecule has 1 aromatic heterocycles. The Balaban J connectivity index is 2.00. The van der Waals surface area contributed by atoms with Crippen LogP contribution in [0.2, 0.25) is 15.1 Å². The van der Waals surface area contributed by atoms with Gasteiger partial charge in [0, 0.05) is 22.4 Å². The molecule has 0 unspecified atom stereocenters. The Morgan fingerprint density at radius 3 is 2.38 bits per heavy atom. The number of amides is 1. The highest BCUT2D eigenvalue weighted by Gasteiger charge is 2.20. The summed E-state index contributed by atoms with van der Waals surface area (Å²) in [5, 5.41) is 1.53. The van der Waals surface area contributed by atoms with E-state index in [0.29, 0.717) is 27.3 Å². The van der Waals surface area contributed by atoms with Gasteiger partial charge in [0.2, 0.25) is 0 Å². The molecule has 0 fully saturated rings. The molecule has 0 bridgehead atoms. The van der Waals surface area contributed by atoms with E-state index in [1.807, 2.05) is 12.1 Å². The minimum Gasteiger partial charge on any atom is -0.288 e. The molecule has 0 aliphatic rings. The van der Waals surface area contributed by atoms with Gasteiger partial charge in [-0.1, -0.05) is 46.9 Å². The molecule has 122 valence electrons. The molecule has 0 N–H and O–H groups in total. The fourth-order valence-electron chi connectivity index (χ4n) is 2.24. The Bertz CT molecular complexity index is 848. The number of halogens is 3. The van der Waals surface area contributed by atoms with Gasteiger partial charge in [0.1, 0.15) is 6.33 Å². The minimum absolute atomic E-state index is 0.272. The molecule has 4 nitrogen and oxygen atoms in total. The second kappa shape index (κ2) is 7.26. The topological polar surface area (TPSA) is 38.1 Å². The number of benzene rings is 2. The number of rotatable bonds is 3. The van der Waals surface area contributed by atoms with Gasteiger partial charge in [-0.05, 0) is 35.9 Å². The summed E-state index contributed by atoms with van der Waals surface area (Å²) in [5.74, 6) is 0. The van der Waals surface area contributed by atoms with Crippen molar-refractivity contribution in [1.82, 2.24) is 9.55 Å². The first-order chi connectivity index (χ1) is 11.5. The van der Waals surface area contributed by atoms with Crippen molar-refractivity contribution in [3.05, 3.63) is 81.8 Å². The summed E-state index contributed by atoms with van der Waals surface area (Å²) in [7, 11) is 0. The molecule has 3 aromatic rings. The van der Waals surface area contributed by atoms with E-state index in [-0.39, 0.29) is 6.03 Å². The second-order valence-electron chi connectivity index (χ2n) is 5.06. The number of aromatic nitrogens is 2. The van der Waals surface area contributed by atoms with Crippen molar-refractivity contribution >= 4 is 46.5 Å². The maximum atomic E-state index is 12.8. The predicted molar refractivity (Wildman–Crippen MR) is 97.1 cm³/mol. The van der Waals surface area contributed by atoms with E-state index in [4.69, 9.17) is 34.8 Å². The summed E-state index contributed by atoms with van der Waals surface area (Å²) in [6, 6.07) is 12.0. The van der Waals surface area contributed by atoms with Crippen LogP contribution in [0.5, 0.6) is 0 Å². The van der Waals surface area contributed by atoms with Crippen LogP contribution in [0, 0.1) is 0 Å². The van der Waals surface area contributed by atoms with Gasteiger partial charge in [-0.3, -0.25) is 9.47 Å². The molecule has 2 aromatic carbocycles. The Morgan fingerprint density at radius 2 is 1.75 bits per heavy atom. The zero-order chi connectivity index (χ0) is 17.1. The van der Waals surface area contributed by atoms with Crippen molar-refractivity contribution < 1.29 is 4.79 Å². The zero-order valence-corrected chi connectivity index (χ0v) is 14.6. The SMILES string of the molecule is O=C(N(Cc1ccc(Cl)cc1)c1ccc(Cl)cc1Cl)n1ccnc1. The van der Waals surface area contributed by atoms with E-state index in [1.165, 1.54) is 10.9 Å². The maximum Gasteiger partial charge on any atom is 0.334 e. The first-order valence-corrected chi connectivity index (χ1v) is 8.17. The third kappa shape index (κ3) is 3.73. The molecular weight excluding hydrogens is 369 g/mol. The zero-order valence-electron chi connectivity index (χ0n) is 12.4. The van der Waals surface area contributed by atoms with Crippen LogP contribution in [0.25, 0.3) is 0 Å². The smallest absolute Gasteiger partial charge is 0.288 e. The summed E-state index contributed by atoms with van der Waals surface area (Å²) >= 11 is 18.2. The number of carbonyl (C=O) groups excluding carboxylic acids is 1. The molecule has 3 rings (SSSR count). The normalized spacial score (nSPS) is 10.6. The average Bonchev–Trinajstić information content (AvgIpc) is 3.09. The molecule has 0 aliphatic heterocycles. The van der Waals surface area contributed by atoms with Gasteiger partial charge >= 0.3 is 6.03 Å². The van der Waals surface area contributed by atoms with Crippen molar-refractivity contribution in [3.8, 4) is 0 Å². The summed E-state index contributed by atoms with van der Waals surface area (Å²) in [4.78, 5) is 18.3. The van der Waals surface area contributed by atoms with Gasteiger partial charge in [-0.25, -0.2) is 9.78 Å². The van der Waals surface area contributed by atoms with Crippen molar-refractivity contribution in [3.63, 3.8) is 0 Å². The standard InChI is InChI=1S/C17H12Cl3N3O/c18-13-3-1-12(2-4-13)10-23(17(24)22-8-7-21-11-22)16-6-5-14(19)9-15(16)20/h1-9,11H,10H2. The lowest BCUT2D eigenvalue weighted by molar-refractivity contribution is 0.247. The van der Waals surface area contributed by atoms with E-state index < -0.39 is 0 Å². The lowest BCUT2D eigenvalue weighted by Crippen LogP contribution is -2.33. The van der Waals surface area contributed by atoms with Gasteiger partial charge in [-0.15, -0.1) is 0 Å². The van der Waals surface area contributed by atoms with E-state index in [1.54, 1.807) is 47.6 Å². The molecule has 0 radical (unpaired) electrons. The molecule has 0 atom stereocenters. The van der Waals surface area contributed by atoms with Crippen LogP contribution in [-0.4, -0.2) is 15.6 Å². The predicted octanol–water partition coefficient (Wildman–Crippen LogP) is 5.52. The molecule has 0 aliphatic carbocycles. The largest absolute Gasteiger partial charge is 0.334 e. The van der Waals surface area contributed by atoms with Gasteiger partial charge < -0.3 is 0 Å². The Hall–Kier alpha value is -2.01. The van der Waals surface area contributed by atoms with Crippen molar-refractivity contribution in [1.29, 1.82) is 0 Å². The first-order valence-electron chi connectivity index (χ1n) is 7.04. The Kier molecular flexibility index (Phi) is 5.09. The first kappa shape index (κ1) is 16.8. The summed E-state index contributed by atoms with van der Waals surface area (Å²) in [6.07, 6.45) is 4.57. The van der Waals surface area contributed by atoms with Crippen LogP contribution in [0.15, 0.2) is 61.2 Å². The Morgan fingerprint density at radius 1 is 1.04 bits per heavy atom. The number of imidazole rings is 1. The summed E-state index contributed by atoms with van der Waals surface area (Å²) in [6.45, 7) is 0.329. The maximum absolute atomic E-state index is 12.8. The highest BCUT2D eigenvalue weighted by Crippen LogP contribution is 2.30. The lowest BCUT2D eigenvalue weighted by Gasteiger charge is -2.24. The van der Waals surface area contributed by atoms with Crippen molar-refractivity contribution in [2.75, 3.05) is 4.90 Å². The van der Waals surface area contributed by atoms with E-state index >= 15 is 0 Å². The fraction of sp³-hybridized carbons (Fsp3) is 0.0588. The van der Waals surface area contributed by atoms with Crippen LogP contribution in [0.3, 0.4) is 0 Å². The number of anilines is 1. The Labute approximate surface area is 154 Å². The number of hydrogen-bond acceptors (Lipinski definition) is 2. The van der Waals surface area contributed by atoms with Crippen LogP contribution in [-0.2, 0) is 6.54 Å². The van der Waals surface area contributed by atoms with Gasteiger partial charge in [0.15, 0.2) is 0 Å². The van der Waals surface area contributed by atoms with E-state index in [2.05, 4.69) is 4.98 Å². The van der Waals surface area contributed by atoms with Crippen LogP contribution < -0.4 is 4.90 Å². The molecule has 1 amide bonds. The number of nitrogens with zero attached hydrogens (tertiary/aromatic N) is 3. The fourth-order valence-corrected chi connectivity index (χ4v) is 2.88. The third-order valence-corrected chi connectivity index (χ3v) is 4.20. The monoisotopic (exact) mass is 379 g/mol. The molecule has 0 saturated heterocycles. The molecule has 0 saturated carbocycles. The van der Waals surface area contributed by atoms with Crippen molar-refractivity contribution in [2.24, 2.45) is 0 Å². The lowest BCUT2D eigenvalue weighted by atomic mass is 10.2. The quantitative estimate of drug-likeness (QED) is 0.600. The molecular formula is C17H12Cl3N3O. The van der Waals surface area contributed by atoms with E-state index in [0.717, 1.165) is 5.56 Å². The van der Waals surface area contributed by atoms with E-state index in [9.17, 15) is 4.79 Å². The van der Waals surface area contributed by atoms with Crippen molar-refractivity contribution in [2.45, 2.75) is 6.54 Å². The highest BCUT2D eigenvalue weighted by molar-refractivity contribution is 6.36. The summed E-state index contributed by atoms with van der Waals surface area (Å²) < 4.78 is 1.39. The second-order valence-corrected chi connectivity index (χ2v) is 6.34. The van der Waals surface area contributed by atoms with Gasteiger partial charge in [0.05, 0.1) is 17.3 Å². The number of carbonyl (C=O) groups is 1. The third-order valence-electron chi connectivity index (χ3n) is 3.41. The number of hydrogen-bond donors (Lipinski definition) is 0. The average molecular weight is 381 g/mol. The molecule has 24 heavy (non-hydrogen) atoms. The van der Waals surface area contributed by atoms with Gasteiger partial charge in [0.25, 0.3) is 0 Å². The minimum atomic E-state index is -0.272. The molecule has 1 heterocycles. The van der Waals surface area contributed by atoms with Crippen LogP contribution in [0.4, 0.5) is 10.5 Å². The van der Waals surface area contributed by atoms with Crippen LogP contribution in [0.1, 0.15) is 5.56 Å². The summed E-state index contributed by atoms with van der Waals surface area (Å²) in [5.41, 5.74) is 1.48.